The molecule has 0 bridgehead atoms. The van der Waals surface area contributed by atoms with Crippen LogP contribution in [0.3, 0.4) is 0 Å². The van der Waals surface area contributed by atoms with E-state index in [9.17, 15) is 5.11 Å². The van der Waals surface area contributed by atoms with Crippen LogP contribution in [-0.2, 0) is 0 Å². The highest BCUT2D eigenvalue weighted by Gasteiger charge is 2.83. The molecule has 158 valence electrons. The van der Waals surface area contributed by atoms with E-state index in [1.807, 2.05) is 0 Å². The first-order chi connectivity index (χ1) is 10.8. The van der Waals surface area contributed by atoms with Crippen molar-refractivity contribution >= 4 is 197 Å². The molecular formula is C8HCl17O. The van der Waals surface area contributed by atoms with E-state index in [-0.39, 0.29) is 0 Å². The van der Waals surface area contributed by atoms with Crippen molar-refractivity contribution in [3.63, 3.8) is 0 Å². The van der Waals surface area contributed by atoms with Crippen LogP contribution in [0.25, 0.3) is 0 Å². The Morgan fingerprint density at radius 3 is 0.731 bits per heavy atom. The van der Waals surface area contributed by atoms with E-state index in [1.54, 1.807) is 0 Å². The molecule has 0 aromatic rings. The zero-order valence-electron chi connectivity index (χ0n) is 10.9. The van der Waals surface area contributed by atoms with E-state index >= 15 is 0 Å². The molecule has 0 aliphatic heterocycles. The molecule has 1 N–H and O–H groups in total. The molecule has 18 heteroatoms. The Hall–Kier alpha value is 4.89. The van der Waals surface area contributed by atoms with Crippen LogP contribution in [-0.4, -0.2) is 39.4 Å². The first-order valence-corrected chi connectivity index (χ1v) is 11.6. The van der Waals surface area contributed by atoms with Gasteiger partial charge in [-0.05, 0) is 0 Å². The lowest BCUT2D eigenvalue weighted by molar-refractivity contribution is 0.0232. The molecule has 0 heterocycles. The Balaban J connectivity index is 6.86. The largest absolute Gasteiger partial charge is 0.378 e. The topological polar surface area (TPSA) is 20.2 Å². The summed E-state index contributed by atoms with van der Waals surface area (Å²) < 4.78 is -20.8. The molecule has 0 aliphatic carbocycles. The van der Waals surface area contributed by atoms with Crippen LogP contribution >= 0.6 is 197 Å². The highest BCUT2D eigenvalue weighted by Crippen LogP contribution is 2.71. The number of rotatable bonds is 4. The van der Waals surface area contributed by atoms with Crippen molar-refractivity contribution in [3.8, 4) is 0 Å². The number of halogens is 17. The van der Waals surface area contributed by atoms with Crippen molar-refractivity contribution in [1.29, 1.82) is 0 Å². The Kier molecular flexibility index (Phi) is 10.6. The second-order valence-corrected chi connectivity index (χ2v) is 16.7. The minimum atomic E-state index is -3.40. The van der Waals surface area contributed by atoms with Gasteiger partial charge in [-0.2, -0.15) is 0 Å². The Bertz CT molecular complexity index is 504. The molecule has 0 spiro atoms. The predicted octanol–water partition coefficient (Wildman–Crippen LogP) is 9.52. The second kappa shape index (κ2) is 8.92. The van der Waals surface area contributed by atoms with E-state index in [0.29, 0.717) is 0 Å². The summed E-state index contributed by atoms with van der Waals surface area (Å²) in [4.78, 5) is 0. The summed E-state index contributed by atoms with van der Waals surface area (Å²) in [6.07, 6.45) is 0. The highest BCUT2D eigenvalue weighted by atomic mass is 35.6. The van der Waals surface area contributed by atoms with Gasteiger partial charge in [0, 0.05) is 0 Å². The van der Waals surface area contributed by atoms with Crippen molar-refractivity contribution in [1.82, 2.24) is 0 Å². The minimum Gasteiger partial charge on any atom is -0.378 e. The molecular weight excluding hydrogens is 715 g/mol. The monoisotopic (exact) mass is 707 g/mol. The third kappa shape index (κ3) is 4.88. The molecule has 0 unspecified atom stereocenters. The van der Waals surface area contributed by atoms with Crippen LogP contribution < -0.4 is 0 Å². The van der Waals surface area contributed by atoms with Crippen molar-refractivity contribution in [2.75, 3.05) is 0 Å². The van der Waals surface area contributed by atoms with Gasteiger partial charge >= 0.3 is 0 Å². The molecule has 0 saturated carbocycles. The van der Waals surface area contributed by atoms with E-state index in [0.717, 1.165) is 0 Å². The molecule has 0 fully saturated rings. The summed E-state index contributed by atoms with van der Waals surface area (Å²) >= 11 is 99.2. The summed E-state index contributed by atoms with van der Waals surface area (Å²) in [7, 11) is 0. The van der Waals surface area contributed by atoms with Crippen LogP contribution in [0, 0.1) is 0 Å². The average molecular weight is 716 g/mol. The van der Waals surface area contributed by atoms with E-state index < -0.39 is 34.3 Å². The maximum Gasteiger partial charge on any atom is 0.226 e. The Labute approximate surface area is 233 Å². The van der Waals surface area contributed by atoms with Crippen molar-refractivity contribution in [2.45, 2.75) is 34.3 Å². The van der Waals surface area contributed by atoms with Crippen molar-refractivity contribution in [3.05, 3.63) is 0 Å². The van der Waals surface area contributed by atoms with Gasteiger partial charge in [0.15, 0.2) is 18.6 Å². The number of hydrogen-bond acceptors (Lipinski definition) is 1. The van der Waals surface area contributed by atoms with Crippen LogP contribution in [0.15, 0.2) is 0 Å². The number of alkyl halides is 17. The van der Waals surface area contributed by atoms with Crippen molar-refractivity contribution in [2.24, 2.45) is 0 Å². The Morgan fingerprint density at radius 1 is 0.308 bits per heavy atom. The lowest BCUT2D eigenvalue weighted by Crippen LogP contribution is -2.74. The fourth-order valence-electron chi connectivity index (χ4n) is 1.32. The molecule has 0 atom stereocenters. The van der Waals surface area contributed by atoms with Gasteiger partial charge in [0.05, 0.1) is 0 Å². The van der Waals surface area contributed by atoms with E-state index in [2.05, 4.69) is 0 Å². The van der Waals surface area contributed by atoms with Gasteiger partial charge in [-0.1, -0.05) is 197 Å². The molecule has 0 aromatic heterocycles. The van der Waals surface area contributed by atoms with Gasteiger partial charge < -0.3 is 5.11 Å². The van der Waals surface area contributed by atoms with Gasteiger partial charge in [-0.15, -0.1) is 0 Å². The first kappa shape index (κ1) is 30.9. The smallest absolute Gasteiger partial charge is 0.226 e. The van der Waals surface area contributed by atoms with Crippen molar-refractivity contribution < 1.29 is 5.11 Å². The standard InChI is InChI=1S/C8HCl17O/c9-2(10,1(26,6(17,18)19)7(20,21)22)3(11,12)4(13,14)5(15,16)8(23,24)25/h26H. The molecule has 0 radical (unpaired) electrons. The molecule has 26 heavy (non-hydrogen) atoms. The van der Waals surface area contributed by atoms with Gasteiger partial charge in [0.1, 0.15) is 0 Å². The molecule has 0 saturated heterocycles. The maximum absolute atomic E-state index is 10.9. The summed E-state index contributed by atoms with van der Waals surface area (Å²) in [6.45, 7) is 0. The number of hydrogen-bond donors (Lipinski definition) is 1. The zero-order chi connectivity index (χ0) is 22.0. The summed E-state index contributed by atoms with van der Waals surface area (Å²) in [5, 5.41) is 10.9. The molecule has 1 nitrogen and oxygen atoms in total. The highest BCUT2D eigenvalue weighted by molar-refractivity contribution is 6.82. The van der Waals surface area contributed by atoms with Gasteiger partial charge in [0.25, 0.3) is 0 Å². The first-order valence-electron chi connectivity index (χ1n) is 5.19. The normalized spacial score (nSPS) is 16.8. The van der Waals surface area contributed by atoms with E-state index in [1.165, 1.54) is 0 Å². The van der Waals surface area contributed by atoms with Gasteiger partial charge in [-0.3, -0.25) is 0 Å². The molecule has 0 rings (SSSR count). The summed E-state index contributed by atoms with van der Waals surface area (Å²) in [6, 6.07) is 0. The minimum absolute atomic E-state index is 2.64. The van der Waals surface area contributed by atoms with E-state index in [4.69, 9.17) is 197 Å². The zero-order valence-corrected chi connectivity index (χ0v) is 23.7. The van der Waals surface area contributed by atoms with Crippen LogP contribution in [0.4, 0.5) is 0 Å². The lowest BCUT2D eigenvalue weighted by atomic mass is 9.95. The third-order valence-corrected chi connectivity index (χ3v) is 11.6. The van der Waals surface area contributed by atoms with Crippen LogP contribution in [0.2, 0.25) is 0 Å². The SMILES string of the molecule is OC(C(Cl)(Cl)Cl)(C(Cl)(Cl)Cl)C(Cl)(Cl)C(Cl)(Cl)C(Cl)(Cl)C(Cl)(Cl)C(Cl)(Cl)Cl. The fourth-order valence-corrected chi connectivity index (χ4v) is 7.39. The fraction of sp³-hybridized carbons (Fsp3) is 1.00. The quantitative estimate of drug-likeness (QED) is 0.288. The third-order valence-electron chi connectivity index (χ3n) is 2.81. The second-order valence-electron chi connectivity index (χ2n) is 4.50. The molecule has 0 aliphatic rings. The molecule has 0 aromatic carbocycles. The maximum atomic E-state index is 10.9. The van der Waals surface area contributed by atoms with Crippen LogP contribution in [0.1, 0.15) is 0 Å². The lowest BCUT2D eigenvalue weighted by Gasteiger charge is -2.55. The Morgan fingerprint density at radius 2 is 0.538 bits per heavy atom. The predicted molar refractivity (Wildman–Crippen MR) is 124 cm³/mol. The van der Waals surface area contributed by atoms with Gasteiger partial charge in [-0.25, -0.2) is 0 Å². The summed E-state index contributed by atoms with van der Waals surface area (Å²) in [5.74, 6) is 0. The average Bonchev–Trinajstić information content (AvgIpc) is 2.32. The van der Waals surface area contributed by atoms with Gasteiger partial charge in [0.2, 0.25) is 15.7 Å². The summed E-state index contributed by atoms with van der Waals surface area (Å²) in [5.41, 5.74) is -3.40. The molecule has 0 amide bonds. The number of aliphatic hydroxyl groups is 1. The van der Waals surface area contributed by atoms with Crippen LogP contribution in [0.5, 0.6) is 0 Å².